The van der Waals surface area contributed by atoms with Crippen LogP contribution >= 0.6 is 0 Å². The van der Waals surface area contributed by atoms with E-state index in [4.69, 9.17) is 4.98 Å². The highest BCUT2D eigenvalue weighted by Gasteiger charge is 2.27. The monoisotopic (exact) mass is 523 g/mol. The van der Waals surface area contributed by atoms with E-state index in [0.29, 0.717) is 29.7 Å². The van der Waals surface area contributed by atoms with Gasteiger partial charge in [-0.1, -0.05) is 12.5 Å². The summed E-state index contributed by atoms with van der Waals surface area (Å²) in [4.78, 5) is 18.5. The van der Waals surface area contributed by atoms with Gasteiger partial charge in [0.1, 0.15) is 11.9 Å². The maximum Gasteiger partial charge on any atom is 0.248 e. The van der Waals surface area contributed by atoms with Crippen LogP contribution in [-0.4, -0.2) is 54.4 Å². The van der Waals surface area contributed by atoms with Crippen LogP contribution in [0.15, 0.2) is 41.4 Å². The number of nitrogens with one attached hydrogen (secondary N) is 2. The molecule has 1 amide bonds. The molecule has 0 bridgehead atoms. The van der Waals surface area contributed by atoms with Crippen molar-refractivity contribution in [2.75, 3.05) is 31.5 Å². The zero-order valence-corrected chi connectivity index (χ0v) is 22.8. The van der Waals surface area contributed by atoms with Gasteiger partial charge in [-0.05, 0) is 94.9 Å². The van der Waals surface area contributed by atoms with Gasteiger partial charge >= 0.3 is 0 Å². The van der Waals surface area contributed by atoms with Crippen molar-refractivity contribution >= 4 is 32.7 Å². The number of carbonyl (C=O) groups excluding carboxylic acids is 1. The minimum Gasteiger partial charge on any atom is -0.335 e. The Balaban J connectivity index is 1.38. The first-order valence-corrected chi connectivity index (χ1v) is 14.8. The Bertz CT molecular complexity index is 1400. The van der Waals surface area contributed by atoms with E-state index in [-0.39, 0.29) is 5.91 Å². The van der Waals surface area contributed by atoms with Crippen molar-refractivity contribution in [3.63, 3.8) is 0 Å². The van der Waals surface area contributed by atoms with Gasteiger partial charge in [0.25, 0.3) is 0 Å². The predicted molar refractivity (Wildman–Crippen MR) is 146 cm³/mol. The van der Waals surface area contributed by atoms with Crippen LogP contribution < -0.4 is 10.6 Å². The van der Waals surface area contributed by atoms with Crippen molar-refractivity contribution in [2.45, 2.75) is 69.7 Å². The number of hydrogen-bond acceptors (Lipinski definition) is 5. The van der Waals surface area contributed by atoms with E-state index >= 15 is 0 Å². The summed E-state index contributed by atoms with van der Waals surface area (Å²) >= 11 is 0. The number of sulfonamides is 1. The standard InChI is InChI=1S/C28H37N5O3S/c1-19-7-9-25(22-11-13-29-14-12-22)30-27(19)31-28(34)21(3)33-18-20(2)24-17-23(8-10-26(24)33)37(35,36)32-15-5-4-6-16-32/h7-10,17-18,21-22,29H,4-6,11-16H2,1-3H3,(H,30,31,34). The molecule has 1 unspecified atom stereocenters. The number of rotatable bonds is 6. The molecule has 5 rings (SSSR count). The molecule has 0 saturated carbocycles. The number of amides is 1. The van der Waals surface area contributed by atoms with Crippen LogP contribution in [0.4, 0.5) is 5.82 Å². The van der Waals surface area contributed by atoms with Gasteiger partial charge in [-0.25, -0.2) is 13.4 Å². The molecule has 1 atom stereocenters. The third-order valence-electron chi connectivity index (χ3n) is 7.87. The third kappa shape index (κ3) is 5.17. The fourth-order valence-electron chi connectivity index (χ4n) is 5.50. The number of aromatic nitrogens is 2. The largest absolute Gasteiger partial charge is 0.335 e. The molecule has 198 valence electrons. The summed E-state index contributed by atoms with van der Waals surface area (Å²) in [7, 11) is -3.52. The molecule has 2 aromatic heterocycles. The average molecular weight is 524 g/mol. The SMILES string of the molecule is Cc1ccc(C2CCNCC2)nc1NC(=O)C(C)n1cc(C)c2cc(S(=O)(=O)N3CCCCC3)ccc21. The van der Waals surface area contributed by atoms with Gasteiger partial charge in [-0.15, -0.1) is 0 Å². The van der Waals surface area contributed by atoms with Gasteiger partial charge in [0.2, 0.25) is 15.9 Å². The molecule has 0 aliphatic carbocycles. The van der Waals surface area contributed by atoms with Crippen molar-refractivity contribution in [3.8, 4) is 0 Å². The summed E-state index contributed by atoms with van der Waals surface area (Å²) in [6.45, 7) is 8.89. The predicted octanol–water partition coefficient (Wildman–Crippen LogP) is 4.49. The maximum absolute atomic E-state index is 13.4. The van der Waals surface area contributed by atoms with E-state index in [1.165, 1.54) is 0 Å². The first-order valence-electron chi connectivity index (χ1n) is 13.4. The van der Waals surface area contributed by atoms with E-state index in [9.17, 15) is 13.2 Å². The Morgan fingerprint density at radius 3 is 2.51 bits per heavy atom. The molecular formula is C28H37N5O3S. The molecular weight excluding hydrogens is 486 g/mol. The van der Waals surface area contributed by atoms with E-state index in [1.54, 1.807) is 16.4 Å². The fourth-order valence-corrected chi connectivity index (χ4v) is 7.05. The average Bonchev–Trinajstić information content (AvgIpc) is 3.26. The molecule has 2 N–H and O–H groups in total. The van der Waals surface area contributed by atoms with Crippen LogP contribution in [0.25, 0.3) is 10.9 Å². The van der Waals surface area contributed by atoms with Crippen LogP contribution in [0.2, 0.25) is 0 Å². The second kappa shape index (κ2) is 10.6. The smallest absolute Gasteiger partial charge is 0.248 e. The van der Waals surface area contributed by atoms with Gasteiger partial charge in [0.05, 0.1) is 4.90 Å². The molecule has 2 fully saturated rings. The first-order chi connectivity index (χ1) is 17.8. The molecule has 1 aromatic carbocycles. The zero-order chi connectivity index (χ0) is 26.2. The maximum atomic E-state index is 13.4. The summed E-state index contributed by atoms with van der Waals surface area (Å²) in [5, 5.41) is 7.28. The van der Waals surface area contributed by atoms with E-state index in [2.05, 4.69) is 16.7 Å². The Morgan fingerprint density at radius 2 is 1.78 bits per heavy atom. The first kappa shape index (κ1) is 25.9. The molecule has 2 aliphatic heterocycles. The summed E-state index contributed by atoms with van der Waals surface area (Å²) in [6.07, 6.45) is 6.90. The lowest BCUT2D eigenvalue weighted by molar-refractivity contribution is -0.118. The Kier molecular flexibility index (Phi) is 7.38. The number of anilines is 1. The molecule has 37 heavy (non-hydrogen) atoms. The van der Waals surface area contributed by atoms with Crippen molar-refractivity contribution in [1.82, 2.24) is 19.2 Å². The number of pyridine rings is 1. The lowest BCUT2D eigenvalue weighted by atomic mass is 9.94. The second-order valence-electron chi connectivity index (χ2n) is 10.5. The summed E-state index contributed by atoms with van der Waals surface area (Å²) in [5.74, 6) is 0.859. The van der Waals surface area contributed by atoms with Crippen LogP contribution in [0, 0.1) is 13.8 Å². The van der Waals surface area contributed by atoms with Crippen molar-refractivity contribution in [2.24, 2.45) is 0 Å². The quantitative estimate of drug-likeness (QED) is 0.496. The van der Waals surface area contributed by atoms with Gasteiger partial charge in [-0.3, -0.25) is 4.79 Å². The van der Waals surface area contributed by atoms with E-state index < -0.39 is 16.1 Å². The second-order valence-corrected chi connectivity index (χ2v) is 12.4. The molecule has 2 aliphatic rings. The van der Waals surface area contributed by atoms with Gasteiger partial charge in [-0.2, -0.15) is 4.31 Å². The van der Waals surface area contributed by atoms with E-state index in [0.717, 1.165) is 72.9 Å². The van der Waals surface area contributed by atoms with Crippen LogP contribution in [0.3, 0.4) is 0 Å². The van der Waals surface area contributed by atoms with Gasteiger partial charge < -0.3 is 15.2 Å². The molecule has 0 radical (unpaired) electrons. The van der Waals surface area contributed by atoms with Crippen LogP contribution in [0.1, 0.15) is 67.8 Å². The zero-order valence-electron chi connectivity index (χ0n) is 22.0. The van der Waals surface area contributed by atoms with Crippen molar-refractivity contribution in [1.29, 1.82) is 0 Å². The van der Waals surface area contributed by atoms with Crippen LogP contribution in [0.5, 0.6) is 0 Å². The summed E-state index contributed by atoms with van der Waals surface area (Å²) in [5.41, 5.74) is 3.73. The number of fused-ring (bicyclic) bond motifs is 1. The van der Waals surface area contributed by atoms with Crippen LogP contribution in [-0.2, 0) is 14.8 Å². The topological polar surface area (TPSA) is 96.3 Å². The lowest BCUT2D eigenvalue weighted by Gasteiger charge is -2.26. The number of piperidine rings is 2. The Hall–Kier alpha value is -2.75. The number of aryl methyl sites for hydroxylation is 2. The van der Waals surface area contributed by atoms with Gasteiger partial charge in [0.15, 0.2) is 0 Å². The highest BCUT2D eigenvalue weighted by molar-refractivity contribution is 7.89. The number of carbonyl (C=O) groups is 1. The summed E-state index contributed by atoms with van der Waals surface area (Å²) in [6, 6.07) is 8.85. The fraction of sp³-hybridized carbons (Fsp3) is 0.500. The molecule has 4 heterocycles. The minimum absolute atomic E-state index is 0.153. The van der Waals surface area contributed by atoms with E-state index in [1.807, 2.05) is 43.7 Å². The normalized spacial score (nSPS) is 18.7. The summed E-state index contributed by atoms with van der Waals surface area (Å²) < 4.78 is 29.9. The Morgan fingerprint density at radius 1 is 1.05 bits per heavy atom. The highest BCUT2D eigenvalue weighted by Crippen LogP contribution is 2.30. The van der Waals surface area contributed by atoms with Crippen molar-refractivity contribution < 1.29 is 13.2 Å². The van der Waals surface area contributed by atoms with Crippen molar-refractivity contribution in [3.05, 3.63) is 53.3 Å². The molecule has 3 aromatic rings. The third-order valence-corrected chi connectivity index (χ3v) is 9.77. The molecule has 9 heteroatoms. The highest BCUT2D eigenvalue weighted by atomic mass is 32.2. The number of benzene rings is 1. The molecule has 8 nitrogen and oxygen atoms in total. The Labute approximate surface area is 219 Å². The van der Waals surface area contributed by atoms with Gasteiger partial charge in [0, 0.05) is 41.8 Å². The lowest BCUT2D eigenvalue weighted by Crippen LogP contribution is -2.35. The molecule has 2 saturated heterocycles. The number of hydrogen-bond donors (Lipinski definition) is 2. The molecule has 0 spiro atoms. The minimum atomic E-state index is -3.52. The number of nitrogens with zero attached hydrogens (tertiary/aromatic N) is 3.